The van der Waals surface area contributed by atoms with Crippen molar-refractivity contribution in [3.63, 3.8) is 0 Å². The number of rotatable bonds is 3. The van der Waals surface area contributed by atoms with E-state index < -0.39 is 0 Å². The molecule has 0 amide bonds. The molecule has 0 fully saturated rings. The first kappa shape index (κ1) is 15.2. The fraction of sp³-hybridized carbons (Fsp3) is 0.0667. The predicted octanol–water partition coefficient (Wildman–Crippen LogP) is 2.36. The second kappa shape index (κ2) is 6.20. The van der Waals surface area contributed by atoms with Crippen molar-refractivity contribution in [3.05, 3.63) is 64.5 Å². The zero-order valence-corrected chi connectivity index (χ0v) is 14.6. The summed E-state index contributed by atoms with van der Waals surface area (Å²) >= 11 is 6.23. The first-order chi connectivity index (χ1) is 10.5. The van der Waals surface area contributed by atoms with E-state index in [-0.39, 0.29) is 17.1 Å². The summed E-state index contributed by atoms with van der Waals surface area (Å²) in [6, 6.07) is 7.12. The SMILES string of the molecule is Cn1c(=O)/c(=C\c2ccc(Br)s2)s/c1=C\C(=O)c1ccco1. The van der Waals surface area contributed by atoms with Gasteiger partial charge >= 0.3 is 0 Å². The number of hydrogen-bond acceptors (Lipinski definition) is 5. The maximum absolute atomic E-state index is 12.2. The van der Waals surface area contributed by atoms with Gasteiger partial charge in [-0.15, -0.1) is 22.7 Å². The van der Waals surface area contributed by atoms with Crippen LogP contribution in [-0.2, 0) is 7.05 Å². The van der Waals surface area contributed by atoms with E-state index in [4.69, 9.17) is 4.42 Å². The van der Waals surface area contributed by atoms with Crippen LogP contribution in [0.3, 0.4) is 0 Å². The van der Waals surface area contributed by atoms with Crippen LogP contribution in [0.4, 0.5) is 0 Å². The highest BCUT2D eigenvalue weighted by Crippen LogP contribution is 2.22. The number of hydrogen-bond donors (Lipinski definition) is 0. The Hall–Kier alpha value is -1.70. The van der Waals surface area contributed by atoms with Gasteiger partial charge in [0.25, 0.3) is 5.56 Å². The average Bonchev–Trinajstić information content (AvgIpc) is 3.19. The molecule has 3 aromatic heterocycles. The molecule has 112 valence electrons. The van der Waals surface area contributed by atoms with Crippen LogP contribution in [0.2, 0.25) is 0 Å². The van der Waals surface area contributed by atoms with Gasteiger partial charge < -0.3 is 8.98 Å². The fourth-order valence-corrected chi connectivity index (χ4v) is 4.31. The van der Waals surface area contributed by atoms with E-state index in [9.17, 15) is 9.59 Å². The molecule has 0 bridgehead atoms. The van der Waals surface area contributed by atoms with Crippen LogP contribution in [0, 0.1) is 0 Å². The Kier molecular flexibility index (Phi) is 4.28. The average molecular weight is 396 g/mol. The van der Waals surface area contributed by atoms with Gasteiger partial charge in [-0.1, -0.05) is 0 Å². The molecular weight excluding hydrogens is 386 g/mol. The largest absolute Gasteiger partial charge is 0.461 e. The van der Waals surface area contributed by atoms with Crippen molar-refractivity contribution in [3.8, 4) is 0 Å². The van der Waals surface area contributed by atoms with Crippen molar-refractivity contribution in [1.29, 1.82) is 0 Å². The van der Waals surface area contributed by atoms with E-state index >= 15 is 0 Å². The quantitative estimate of drug-likeness (QED) is 0.639. The van der Waals surface area contributed by atoms with Gasteiger partial charge in [0, 0.05) is 18.0 Å². The molecule has 0 aliphatic heterocycles. The lowest BCUT2D eigenvalue weighted by molar-refractivity contribution is 0.103. The van der Waals surface area contributed by atoms with Gasteiger partial charge in [0.05, 0.1) is 14.6 Å². The third-order valence-corrected chi connectivity index (χ3v) is 5.63. The minimum atomic E-state index is -0.257. The summed E-state index contributed by atoms with van der Waals surface area (Å²) in [5.41, 5.74) is -0.118. The van der Waals surface area contributed by atoms with Crippen LogP contribution >= 0.6 is 38.6 Å². The van der Waals surface area contributed by atoms with Crippen molar-refractivity contribution >= 4 is 56.5 Å². The molecule has 0 unspecified atom stereocenters. The maximum Gasteiger partial charge on any atom is 0.268 e. The van der Waals surface area contributed by atoms with Gasteiger partial charge in [-0.2, -0.15) is 0 Å². The first-order valence-corrected chi connectivity index (χ1v) is 8.69. The Morgan fingerprint density at radius 2 is 2.14 bits per heavy atom. The molecular formula is C15H10BrNO3S2. The van der Waals surface area contributed by atoms with E-state index in [0.29, 0.717) is 9.20 Å². The molecule has 0 N–H and O–H groups in total. The lowest BCUT2D eigenvalue weighted by atomic mass is 10.3. The standard InChI is InChI=1S/C15H10BrNO3S2/c1-17-14(8-10(18)11-3-2-6-20-11)22-12(15(17)19)7-9-4-5-13(16)21-9/h2-8H,1H3/b12-7+,14-8-. The fourth-order valence-electron chi connectivity index (χ4n) is 1.84. The van der Waals surface area contributed by atoms with Gasteiger partial charge in [-0.3, -0.25) is 9.59 Å². The number of ketones is 1. The molecule has 0 saturated heterocycles. The molecule has 0 aliphatic rings. The van der Waals surface area contributed by atoms with Gasteiger partial charge in [0.2, 0.25) is 5.78 Å². The van der Waals surface area contributed by atoms with Gasteiger partial charge in [-0.25, -0.2) is 0 Å². The number of halogens is 1. The number of Topliss-reactive ketones (excluding diaryl/α,β-unsaturated/α-hetero) is 1. The van der Waals surface area contributed by atoms with E-state index in [0.717, 1.165) is 8.66 Å². The minimum Gasteiger partial charge on any atom is -0.461 e. The normalized spacial score (nSPS) is 13.0. The molecule has 0 spiro atoms. The highest BCUT2D eigenvalue weighted by Gasteiger charge is 2.07. The van der Waals surface area contributed by atoms with E-state index in [1.54, 1.807) is 30.5 Å². The maximum atomic E-state index is 12.2. The summed E-state index contributed by atoms with van der Waals surface area (Å²) in [6.45, 7) is 0. The van der Waals surface area contributed by atoms with E-state index in [1.807, 2.05) is 18.2 Å². The monoisotopic (exact) mass is 395 g/mol. The third kappa shape index (κ3) is 3.06. The molecule has 22 heavy (non-hydrogen) atoms. The number of aromatic nitrogens is 1. The highest BCUT2D eigenvalue weighted by molar-refractivity contribution is 9.11. The number of carbonyl (C=O) groups excluding carboxylic acids is 1. The lowest BCUT2D eigenvalue weighted by Crippen LogP contribution is -2.28. The molecule has 3 aromatic rings. The number of carbonyl (C=O) groups is 1. The first-order valence-electron chi connectivity index (χ1n) is 6.27. The molecule has 0 atom stereocenters. The molecule has 0 radical (unpaired) electrons. The van der Waals surface area contributed by atoms with Crippen molar-refractivity contribution < 1.29 is 9.21 Å². The van der Waals surface area contributed by atoms with E-state index in [1.165, 1.54) is 28.2 Å². The summed E-state index contributed by atoms with van der Waals surface area (Å²) in [5.74, 6) is 0.000772. The molecule has 0 saturated carbocycles. The predicted molar refractivity (Wildman–Crippen MR) is 91.9 cm³/mol. The van der Waals surface area contributed by atoms with Crippen LogP contribution in [0.25, 0.3) is 12.2 Å². The van der Waals surface area contributed by atoms with Crippen LogP contribution in [0.15, 0.2) is 43.5 Å². The van der Waals surface area contributed by atoms with Crippen LogP contribution in [-0.4, -0.2) is 10.4 Å². The Balaban J connectivity index is 2.08. The van der Waals surface area contributed by atoms with Gasteiger partial charge in [0.15, 0.2) is 5.76 Å². The zero-order valence-electron chi connectivity index (χ0n) is 11.4. The van der Waals surface area contributed by atoms with E-state index in [2.05, 4.69) is 15.9 Å². The molecule has 3 rings (SSSR count). The molecule has 0 aromatic carbocycles. The van der Waals surface area contributed by atoms with Gasteiger partial charge in [0.1, 0.15) is 4.66 Å². The molecule has 3 heterocycles. The Bertz CT molecular complexity index is 993. The minimum absolute atomic E-state index is 0.118. The second-order valence-electron chi connectivity index (χ2n) is 4.44. The lowest BCUT2D eigenvalue weighted by Gasteiger charge is -1.89. The Morgan fingerprint density at radius 1 is 1.32 bits per heavy atom. The smallest absolute Gasteiger partial charge is 0.268 e. The van der Waals surface area contributed by atoms with Crippen LogP contribution in [0.1, 0.15) is 15.4 Å². The van der Waals surface area contributed by atoms with Crippen LogP contribution < -0.4 is 14.8 Å². The molecule has 7 heteroatoms. The number of furan rings is 1. The van der Waals surface area contributed by atoms with Crippen molar-refractivity contribution in [1.82, 2.24) is 4.57 Å². The summed E-state index contributed by atoms with van der Waals surface area (Å²) in [6.07, 6.45) is 4.70. The Morgan fingerprint density at radius 3 is 2.77 bits per heavy atom. The zero-order chi connectivity index (χ0) is 15.7. The summed E-state index contributed by atoms with van der Waals surface area (Å²) < 4.78 is 8.73. The third-order valence-electron chi connectivity index (χ3n) is 2.95. The molecule has 4 nitrogen and oxygen atoms in total. The van der Waals surface area contributed by atoms with Crippen molar-refractivity contribution in [2.24, 2.45) is 7.05 Å². The Labute approximate surface area is 141 Å². The summed E-state index contributed by atoms with van der Waals surface area (Å²) in [4.78, 5) is 25.3. The number of nitrogens with zero attached hydrogens (tertiary/aromatic N) is 1. The second-order valence-corrected chi connectivity index (χ2v) is 8.00. The topological polar surface area (TPSA) is 52.2 Å². The number of thiophene rings is 1. The number of thiazole rings is 1. The molecule has 0 aliphatic carbocycles. The van der Waals surface area contributed by atoms with Crippen molar-refractivity contribution in [2.45, 2.75) is 0 Å². The highest BCUT2D eigenvalue weighted by atomic mass is 79.9. The summed E-state index contributed by atoms with van der Waals surface area (Å²) in [5, 5.41) is 0. The van der Waals surface area contributed by atoms with Gasteiger partial charge in [-0.05, 0) is 46.3 Å². The van der Waals surface area contributed by atoms with Crippen LogP contribution in [0.5, 0.6) is 0 Å². The summed E-state index contributed by atoms with van der Waals surface area (Å²) in [7, 11) is 1.65. The van der Waals surface area contributed by atoms with Crippen molar-refractivity contribution in [2.75, 3.05) is 0 Å².